The number of rotatable bonds is 4. The number of carbonyl (C=O) groups is 2. The lowest BCUT2D eigenvalue weighted by atomic mass is 10.0. The summed E-state index contributed by atoms with van der Waals surface area (Å²) in [6, 6.07) is 12.8. The zero-order valence-electron chi connectivity index (χ0n) is 15.3. The molecule has 1 aromatic heterocycles. The quantitative estimate of drug-likeness (QED) is 0.659. The molecule has 1 N–H and O–H groups in total. The molecule has 4 rings (SSSR count). The van der Waals surface area contributed by atoms with Crippen molar-refractivity contribution in [2.45, 2.75) is 6.92 Å². The van der Waals surface area contributed by atoms with Crippen LogP contribution in [0.25, 0.3) is 11.1 Å². The van der Waals surface area contributed by atoms with Crippen molar-refractivity contribution in [3.05, 3.63) is 64.5 Å². The van der Waals surface area contributed by atoms with E-state index in [1.54, 1.807) is 18.2 Å². The van der Waals surface area contributed by atoms with Crippen LogP contribution in [-0.2, 0) is 4.74 Å². The second-order valence-corrected chi connectivity index (χ2v) is 7.11. The molecule has 6 nitrogen and oxygen atoms in total. The molecule has 2 aromatic carbocycles. The molecule has 1 aliphatic heterocycles. The maximum absolute atomic E-state index is 12.7. The van der Waals surface area contributed by atoms with Crippen LogP contribution < -0.4 is 14.8 Å². The Balaban J connectivity index is 1.66. The molecule has 0 radical (unpaired) electrons. The zero-order chi connectivity index (χ0) is 19.7. The van der Waals surface area contributed by atoms with Gasteiger partial charge < -0.3 is 19.5 Å². The molecule has 0 unspecified atom stereocenters. The number of ether oxygens (including phenoxy) is 3. The van der Waals surface area contributed by atoms with Gasteiger partial charge in [0.15, 0.2) is 11.5 Å². The van der Waals surface area contributed by atoms with Gasteiger partial charge >= 0.3 is 5.97 Å². The fourth-order valence-electron chi connectivity index (χ4n) is 2.91. The van der Waals surface area contributed by atoms with Crippen molar-refractivity contribution in [1.29, 1.82) is 0 Å². The van der Waals surface area contributed by atoms with Crippen LogP contribution in [0, 0.1) is 6.92 Å². The van der Waals surface area contributed by atoms with Gasteiger partial charge in [0.1, 0.15) is 10.6 Å². The lowest BCUT2D eigenvalue weighted by Crippen LogP contribution is -2.14. The highest BCUT2D eigenvalue weighted by atomic mass is 32.1. The summed E-state index contributed by atoms with van der Waals surface area (Å²) in [6.45, 7) is 2.13. The first-order chi connectivity index (χ1) is 13.6. The SMILES string of the molecule is COC(=O)c1c(-c2ccc(C)cc2)csc1NC(=O)c1ccc2c(c1)OCO2. The van der Waals surface area contributed by atoms with Crippen molar-refractivity contribution >= 4 is 28.2 Å². The lowest BCUT2D eigenvalue weighted by Gasteiger charge is -2.08. The largest absolute Gasteiger partial charge is 0.465 e. The number of aryl methyl sites for hydroxylation is 1. The van der Waals surface area contributed by atoms with E-state index in [9.17, 15) is 9.59 Å². The Morgan fingerprint density at radius 2 is 1.82 bits per heavy atom. The highest BCUT2D eigenvalue weighted by Gasteiger charge is 2.23. The molecule has 0 saturated carbocycles. The average Bonchev–Trinajstić information content (AvgIpc) is 3.34. The molecule has 28 heavy (non-hydrogen) atoms. The van der Waals surface area contributed by atoms with Crippen LogP contribution in [0.5, 0.6) is 11.5 Å². The predicted octanol–water partition coefficient (Wildman–Crippen LogP) is 4.49. The first kappa shape index (κ1) is 18.1. The topological polar surface area (TPSA) is 73.9 Å². The number of methoxy groups -OCH3 is 1. The number of nitrogens with one attached hydrogen (secondary N) is 1. The molecule has 1 aliphatic rings. The summed E-state index contributed by atoms with van der Waals surface area (Å²) in [4.78, 5) is 25.1. The number of carbonyl (C=O) groups excluding carboxylic acids is 2. The van der Waals surface area contributed by atoms with Crippen LogP contribution in [0.15, 0.2) is 47.8 Å². The summed E-state index contributed by atoms with van der Waals surface area (Å²) in [5, 5.41) is 5.09. The summed E-state index contributed by atoms with van der Waals surface area (Å²) < 4.78 is 15.5. The third kappa shape index (κ3) is 3.32. The fourth-order valence-corrected chi connectivity index (χ4v) is 3.87. The maximum Gasteiger partial charge on any atom is 0.341 e. The van der Waals surface area contributed by atoms with E-state index in [1.165, 1.54) is 18.4 Å². The van der Waals surface area contributed by atoms with Crippen molar-refractivity contribution in [2.75, 3.05) is 19.2 Å². The predicted molar refractivity (Wildman–Crippen MR) is 106 cm³/mol. The van der Waals surface area contributed by atoms with Gasteiger partial charge in [0.05, 0.1) is 7.11 Å². The molecule has 3 aromatic rings. The molecular weight excluding hydrogens is 378 g/mol. The minimum atomic E-state index is -0.502. The summed E-state index contributed by atoms with van der Waals surface area (Å²) in [5.41, 5.74) is 3.47. The molecule has 0 atom stereocenters. The normalized spacial score (nSPS) is 11.9. The van der Waals surface area contributed by atoms with E-state index in [-0.39, 0.29) is 12.7 Å². The Kier molecular flexibility index (Phi) is 4.75. The van der Waals surface area contributed by atoms with Crippen LogP contribution in [0.2, 0.25) is 0 Å². The number of anilines is 1. The van der Waals surface area contributed by atoms with Crippen LogP contribution in [0.3, 0.4) is 0 Å². The number of esters is 1. The summed E-state index contributed by atoms with van der Waals surface area (Å²) in [5.74, 6) is 0.274. The number of thiophene rings is 1. The van der Waals surface area contributed by atoms with Crippen molar-refractivity contribution in [1.82, 2.24) is 0 Å². The van der Waals surface area contributed by atoms with E-state index >= 15 is 0 Å². The van der Waals surface area contributed by atoms with Gasteiger partial charge in [-0.3, -0.25) is 4.79 Å². The second kappa shape index (κ2) is 7.36. The molecule has 2 heterocycles. The first-order valence-electron chi connectivity index (χ1n) is 8.54. The number of hydrogen-bond acceptors (Lipinski definition) is 6. The third-order valence-electron chi connectivity index (χ3n) is 4.40. The number of benzene rings is 2. The molecule has 0 saturated heterocycles. The second-order valence-electron chi connectivity index (χ2n) is 6.23. The van der Waals surface area contributed by atoms with Crippen LogP contribution >= 0.6 is 11.3 Å². The van der Waals surface area contributed by atoms with Gasteiger partial charge in [-0.2, -0.15) is 0 Å². The van der Waals surface area contributed by atoms with Crippen molar-refractivity contribution in [3.8, 4) is 22.6 Å². The van der Waals surface area contributed by atoms with Crippen molar-refractivity contribution in [3.63, 3.8) is 0 Å². The minimum absolute atomic E-state index is 0.137. The van der Waals surface area contributed by atoms with Gasteiger partial charge in [0, 0.05) is 16.5 Å². The summed E-state index contributed by atoms with van der Waals surface area (Å²) in [7, 11) is 1.32. The van der Waals surface area contributed by atoms with Gasteiger partial charge in [-0.1, -0.05) is 29.8 Å². The average molecular weight is 395 g/mol. The molecule has 0 spiro atoms. The third-order valence-corrected chi connectivity index (χ3v) is 5.30. The summed E-state index contributed by atoms with van der Waals surface area (Å²) in [6.07, 6.45) is 0. The monoisotopic (exact) mass is 395 g/mol. The van der Waals surface area contributed by atoms with Gasteiger partial charge in [-0.15, -0.1) is 11.3 Å². The Hall–Kier alpha value is -3.32. The minimum Gasteiger partial charge on any atom is -0.465 e. The number of hydrogen-bond donors (Lipinski definition) is 1. The molecular formula is C21H17NO5S. The van der Waals surface area contributed by atoms with Gasteiger partial charge in [0.2, 0.25) is 6.79 Å². The van der Waals surface area contributed by atoms with Crippen LogP contribution in [0.4, 0.5) is 5.00 Å². The smallest absolute Gasteiger partial charge is 0.341 e. The zero-order valence-corrected chi connectivity index (χ0v) is 16.1. The first-order valence-corrected chi connectivity index (χ1v) is 9.42. The molecule has 142 valence electrons. The highest BCUT2D eigenvalue weighted by molar-refractivity contribution is 7.15. The van der Waals surface area contributed by atoms with E-state index < -0.39 is 5.97 Å². The number of amides is 1. The lowest BCUT2D eigenvalue weighted by molar-refractivity contribution is 0.0603. The highest BCUT2D eigenvalue weighted by Crippen LogP contribution is 2.37. The Labute approximate surface area is 165 Å². The van der Waals surface area contributed by atoms with E-state index in [2.05, 4.69) is 5.32 Å². The molecule has 0 bridgehead atoms. The Morgan fingerprint density at radius 3 is 2.57 bits per heavy atom. The van der Waals surface area contributed by atoms with Crippen LogP contribution in [0.1, 0.15) is 26.3 Å². The fraction of sp³-hybridized carbons (Fsp3) is 0.143. The van der Waals surface area contributed by atoms with Crippen LogP contribution in [-0.4, -0.2) is 25.8 Å². The van der Waals surface area contributed by atoms with Crippen molar-refractivity contribution in [2.24, 2.45) is 0 Å². The van der Waals surface area contributed by atoms with E-state index in [4.69, 9.17) is 14.2 Å². The number of fused-ring (bicyclic) bond motifs is 1. The van der Waals surface area contributed by atoms with Gasteiger partial charge in [-0.05, 0) is 30.7 Å². The molecule has 1 amide bonds. The Morgan fingerprint density at radius 1 is 1.07 bits per heavy atom. The van der Waals surface area contributed by atoms with E-state index in [1.807, 2.05) is 36.6 Å². The van der Waals surface area contributed by atoms with Gasteiger partial charge in [0.25, 0.3) is 5.91 Å². The van der Waals surface area contributed by atoms with E-state index in [0.717, 1.165) is 16.7 Å². The maximum atomic E-state index is 12.7. The van der Waals surface area contributed by atoms with Gasteiger partial charge in [-0.25, -0.2) is 4.79 Å². The molecule has 0 fully saturated rings. The molecule has 7 heteroatoms. The standard InChI is InChI=1S/C21H17NO5S/c1-12-3-5-13(6-4-12)15-10-28-20(18(15)21(24)25-2)22-19(23)14-7-8-16-17(9-14)27-11-26-16/h3-10H,11H2,1-2H3,(H,22,23). The van der Waals surface area contributed by atoms with E-state index in [0.29, 0.717) is 27.6 Å². The Bertz CT molecular complexity index is 1060. The summed E-state index contributed by atoms with van der Waals surface area (Å²) >= 11 is 1.28. The molecule has 0 aliphatic carbocycles. The van der Waals surface area contributed by atoms with Crippen molar-refractivity contribution < 1.29 is 23.8 Å².